The molecule has 0 saturated carbocycles. The molecule has 5 N–H and O–H groups in total. The largest absolute Gasteiger partial charge is 0.496 e. The molecule has 0 saturated heterocycles. The van der Waals surface area contributed by atoms with E-state index in [0.717, 1.165) is 11.1 Å². The number of aromatic nitrogens is 1. The highest BCUT2D eigenvalue weighted by Gasteiger charge is 2.16. The summed E-state index contributed by atoms with van der Waals surface area (Å²) >= 11 is 7.34. The summed E-state index contributed by atoms with van der Waals surface area (Å²) in [6.45, 7) is 1.88. The van der Waals surface area contributed by atoms with Crippen molar-refractivity contribution in [3.05, 3.63) is 52.7 Å². The Morgan fingerprint density at radius 3 is 2.73 bits per heavy atom. The number of carbonyl (C=O) groups is 1. The van der Waals surface area contributed by atoms with Crippen molar-refractivity contribution in [1.29, 1.82) is 0 Å². The second kappa shape index (κ2) is 9.21. The number of aryl methyl sites for hydroxylation is 1. The number of thiazole rings is 1. The zero-order valence-electron chi connectivity index (χ0n) is 16.7. The first-order valence-electron chi connectivity index (χ1n) is 8.90. The third kappa shape index (κ3) is 4.93. The molecule has 8 nitrogen and oxygen atoms in total. The minimum Gasteiger partial charge on any atom is -0.496 e. The number of benzene rings is 2. The van der Waals surface area contributed by atoms with E-state index in [2.05, 4.69) is 10.3 Å². The molecule has 10 heteroatoms. The Bertz CT molecular complexity index is 1070. The molecule has 2 aromatic carbocycles. The van der Waals surface area contributed by atoms with Crippen LogP contribution in [-0.2, 0) is 11.3 Å². The molecule has 0 aliphatic carbocycles. The maximum Gasteiger partial charge on any atom is 0.412 e. The maximum atomic E-state index is 12.3. The van der Waals surface area contributed by atoms with Crippen molar-refractivity contribution < 1.29 is 14.3 Å². The molecule has 0 bridgehead atoms. The predicted octanol–water partition coefficient (Wildman–Crippen LogP) is 4.42. The number of hydrogen-bond donors (Lipinski definition) is 3. The number of hydrazine groups is 1. The normalized spacial score (nSPS) is 10.6. The zero-order valence-corrected chi connectivity index (χ0v) is 18.3. The Morgan fingerprint density at radius 1 is 1.30 bits per heavy atom. The van der Waals surface area contributed by atoms with Gasteiger partial charge in [0.15, 0.2) is 0 Å². The van der Waals surface area contributed by atoms with Crippen LogP contribution in [0.25, 0.3) is 10.6 Å². The number of hydrogen-bond acceptors (Lipinski definition) is 8. The van der Waals surface area contributed by atoms with Gasteiger partial charge in [-0.25, -0.2) is 15.6 Å². The summed E-state index contributed by atoms with van der Waals surface area (Å²) in [6.07, 6.45) is -0.588. The van der Waals surface area contributed by atoms with Gasteiger partial charge in [0.2, 0.25) is 0 Å². The van der Waals surface area contributed by atoms with E-state index >= 15 is 0 Å². The van der Waals surface area contributed by atoms with Gasteiger partial charge in [0.05, 0.1) is 29.7 Å². The molecule has 0 fully saturated rings. The molecule has 0 atom stereocenters. The van der Waals surface area contributed by atoms with Crippen LogP contribution in [0.4, 0.5) is 21.2 Å². The summed E-state index contributed by atoms with van der Waals surface area (Å²) in [5, 5.41) is 6.01. The summed E-state index contributed by atoms with van der Waals surface area (Å²) in [6, 6.07) is 10.6. The summed E-state index contributed by atoms with van der Waals surface area (Å²) in [4.78, 5) is 16.8. The molecule has 0 aliphatic rings. The molecular weight excluding hydrogens is 426 g/mol. The van der Waals surface area contributed by atoms with Gasteiger partial charge in [0.1, 0.15) is 22.4 Å². The van der Waals surface area contributed by atoms with Gasteiger partial charge in [-0.1, -0.05) is 29.0 Å². The minimum atomic E-state index is -0.588. The third-order valence-corrected chi connectivity index (χ3v) is 5.59. The fourth-order valence-electron chi connectivity index (χ4n) is 2.76. The van der Waals surface area contributed by atoms with Crippen LogP contribution < -0.4 is 26.6 Å². The Kier molecular flexibility index (Phi) is 6.66. The molecule has 0 radical (unpaired) electrons. The third-order valence-electron chi connectivity index (χ3n) is 4.25. The van der Waals surface area contributed by atoms with Gasteiger partial charge in [-0.05, 0) is 42.8 Å². The molecular formula is C20H22ClN5O3S. The van der Waals surface area contributed by atoms with Crippen LogP contribution in [-0.4, -0.2) is 25.2 Å². The molecule has 1 heterocycles. The van der Waals surface area contributed by atoms with Crippen molar-refractivity contribution in [1.82, 2.24) is 4.98 Å². The Hall–Kier alpha value is -3.01. The molecule has 158 valence electrons. The summed E-state index contributed by atoms with van der Waals surface area (Å²) in [5.41, 5.74) is 9.36. The van der Waals surface area contributed by atoms with Crippen LogP contribution in [0.3, 0.4) is 0 Å². The number of halogens is 1. The topological polar surface area (TPSA) is 116 Å². The molecule has 3 rings (SSSR count). The van der Waals surface area contributed by atoms with E-state index in [9.17, 15) is 4.79 Å². The van der Waals surface area contributed by atoms with Gasteiger partial charge in [0, 0.05) is 12.1 Å². The number of methoxy groups -OCH3 is 1. The number of carbonyl (C=O) groups excluding carboxylic acids is 1. The quantitative estimate of drug-likeness (QED) is 0.291. The number of nitrogens with one attached hydrogen (secondary N) is 1. The van der Waals surface area contributed by atoms with Crippen molar-refractivity contribution in [2.45, 2.75) is 13.5 Å². The molecule has 0 spiro atoms. The fourth-order valence-corrected chi connectivity index (χ4v) is 3.91. The van der Waals surface area contributed by atoms with E-state index < -0.39 is 6.09 Å². The number of nitrogen functional groups attached to an aromatic ring is 1. The van der Waals surface area contributed by atoms with Gasteiger partial charge in [-0.2, -0.15) is 0 Å². The van der Waals surface area contributed by atoms with Crippen molar-refractivity contribution in [2.24, 2.45) is 5.84 Å². The first-order valence-corrected chi connectivity index (χ1v) is 10.1. The van der Waals surface area contributed by atoms with E-state index in [-0.39, 0.29) is 6.61 Å². The second-order valence-electron chi connectivity index (χ2n) is 6.48. The average Bonchev–Trinajstić information content (AvgIpc) is 3.06. The van der Waals surface area contributed by atoms with Crippen LogP contribution in [0.5, 0.6) is 5.75 Å². The van der Waals surface area contributed by atoms with Crippen molar-refractivity contribution >= 4 is 45.4 Å². The first-order chi connectivity index (χ1) is 14.3. The van der Waals surface area contributed by atoms with Gasteiger partial charge >= 0.3 is 6.09 Å². The molecule has 1 amide bonds. The summed E-state index contributed by atoms with van der Waals surface area (Å²) < 4.78 is 10.7. The zero-order chi connectivity index (χ0) is 21.8. The first kappa shape index (κ1) is 21.7. The van der Waals surface area contributed by atoms with E-state index in [0.29, 0.717) is 37.8 Å². The Labute approximate surface area is 183 Å². The summed E-state index contributed by atoms with van der Waals surface area (Å²) in [7, 11) is 3.26. The predicted molar refractivity (Wildman–Crippen MR) is 121 cm³/mol. The number of ether oxygens (including phenoxy) is 2. The SMILES string of the molecule is COc1cc(Cl)ccc1-c1nc(C)c(NC(=O)OCc2ccc(N(C)N)c(N)c2)s1. The van der Waals surface area contributed by atoms with Crippen LogP contribution >= 0.6 is 22.9 Å². The van der Waals surface area contributed by atoms with Gasteiger partial charge in [0.25, 0.3) is 0 Å². The van der Waals surface area contributed by atoms with Gasteiger partial charge < -0.3 is 20.2 Å². The van der Waals surface area contributed by atoms with E-state index in [1.54, 1.807) is 51.4 Å². The smallest absolute Gasteiger partial charge is 0.412 e. The lowest BCUT2D eigenvalue weighted by atomic mass is 10.2. The molecule has 30 heavy (non-hydrogen) atoms. The van der Waals surface area contributed by atoms with E-state index in [4.69, 9.17) is 32.7 Å². The fraction of sp³-hybridized carbons (Fsp3) is 0.200. The van der Waals surface area contributed by atoms with Crippen molar-refractivity contribution in [2.75, 3.05) is 30.2 Å². The van der Waals surface area contributed by atoms with Crippen molar-refractivity contribution in [3.63, 3.8) is 0 Å². The highest BCUT2D eigenvalue weighted by atomic mass is 35.5. The molecule has 3 aromatic rings. The lowest BCUT2D eigenvalue weighted by Crippen LogP contribution is -2.26. The standard InChI is InChI=1S/C20H22ClN5O3S/c1-11-18(30-19(24-11)14-6-5-13(21)9-17(14)28-3)25-20(27)29-10-12-4-7-16(26(2)23)15(22)8-12/h4-9H,10,22-23H2,1-3H3,(H,25,27). The number of amides is 1. The Morgan fingerprint density at radius 2 is 2.07 bits per heavy atom. The van der Waals surface area contributed by atoms with Crippen LogP contribution in [0, 0.1) is 6.92 Å². The molecule has 0 aliphatic heterocycles. The number of nitrogens with two attached hydrogens (primary N) is 2. The van der Waals surface area contributed by atoms with Crippen LogP contribution in [0.2, 0.25) is 5.02 Å². The van der Waals surface area contributed by atoms with Gasteiger partial charge in [-0.3, -0.25) is 5.32 Å². The second-order valence-corrected chi connectivity index (χ2v) is 7.92. The Balaban J connectivity index is 1.67. The lowest BCUT2D eigenvalue weighted by Gasteiger charge is -2.15. The number of rotatable bonds is 6. The van der Waals surface area contributed by atoms with Crippen LogP contribution in [0.15, 0.2) is 36.4 Å². The summed E-state index contributed by atoms with van der Waals surface area (Å²) in [5.74, 6) is 6.30. The van der Waals surface area contributed by atoms with Crippen LogP contribution in [0.1, 0.15) is 11.3 Å². The molecule has 0 unspecified atom stereocenters. The highest BCUT2D eigenvalue weighted by Crippen LogP contribution is 2.38. The van der Waals surface area contributed by atoms with E-state index in [1.165, 1.54) is 16.3 Å². The highest BCUT2D eigenvalue weighted by molar-refractivity contribution is 7.19. The number of anilines is 3. The average molecular weight is 448 g/mol. The maximum absolute atomic E-state index is 12.3. The molecule has 1 aromatic heterocycles. The van der Waals surface area contributed by atoms with Gasteiger partial charge in [-0.15, -0.1) is 0 Å². The van der Waals surface area contributed by atoms with Crippen molar-refractivity contribution in [3.8, 4) is 16.3 Å². The monoisotopic (exact) mass is 447 g/mol. The lowest BCUT2D eigenvalue weighted by molar-refractivity contribution is 0.155. The van der Waals surface area contributed by atoms with E-state index in [1.807, 2.05) is 6.07 Å². The number of nitrogens with zero attached hydrogens (tertiary/aromatic N) is 2. The minimum absolute atomic E-state index is 0.0698.